The minimum atomic E-state index is -5.00. The topological polar surface area (TPSA) is 86.3 Å². The molecule has 0 heterocycles. The third-order valence-corrected chi connectivity index (χ3v) is 3.98. The maximum Gasteiger partial charge on any atom is 0.252 e. The maximum atomic E-state index is 11.7. The van der Waals surface area contributed by atoms with Gasteiger partial charge in [-0.25, -0.2) is 8.42 Å². The molecule has 0 aliphatic rings. The monoisotopic (exact) mass is 330 g/mol. The molecule has 0 aliphatic heterocycles. The van der Waals surface area contributed by atoms with E-state index in [1.54, 1.807) is 18.2 Å². The van der Waals surface area contributed by atoms with Crippen molar-refractivity contribution < 1.29 is 17.8 Å². The summed E-state index contributed by atoms with van der Waals surface area (Å²) in [4.78, 5) is 11.7. The average Bonchev–Trinajstić information content (AvgIpc) is 2.23. The third kappa shape index (κ3) is 4.29. The first kappa shape index (κ1) is 15.5. The second-order valence-corrected chi connectivity index (χ2v) is 7.08. The molecule has 0 bridgehead atoms. The zero-order valence-electron chi connectivity index (χ0n) is 8.64. The van der Waals surface area contributed by atoms with Gasteiger partial charge in [-0.2, -0.15) is 0 Å². The molecule has 0 spiro atoms. The molecular weight excluding hydrogens is 325 g/mol. The van der Waals surface area contributed by atoms with Gasteiger partial charge in [-0.1, -0.05) is 53.0 Å². The Balaban J connectivity index is 2.97. The van der Waals surface area contributed by atoms with E-state index >= 15 is 0 Å². The Labute approximate surface area is 119 Å². The second-order valence-electron chi connectivity index (χ2n) is 3.25. The molecule has 0 radical (unpaired) electrons. The second kappa shape index (κ2) is 5.63. The molecule has 0 fully saturated rings. The lowest BCUT2D eigenvalue weighted by molar-refractivity contribution is 0.0946. The van der Waals surface area contributed by atoms with Crippen molar-refractivity contribution in [3.63, 3.8) is 0 Å². The van der Waals surface area contributed by atoms with Crippen LogP contribution in [-0.4, -0.2) is 28.0 Å². The summed E-state index contributed by atoms with van der Waals surface area (Å²) in [6.07, 6.45) is 0. The van der Waals surface area contributed by atoms with E-state index < -0.39 is 25.2 Å². The van der Waals surface area contributed by atoms with Gasteiger partial charge in [0.1, 0.15) is 10.1 Å². The SMILES string of the molecule is O=C(N[C@H](C(Cl)(Cl)Cl)S(=O)(=O)[O-])c1ccccc1. The van der Waals surface area contributed by atoms with E-state index in [2.05, 4.69) is 0 Å². The molecule has 5 nitrogen and oxygen atoms in total. The first-order valence-corrected chi connectivity index (χ1v) is 7.10. The molecule has 0 aliphatic carbocycles. The molecule has 1 aromatic carbocycles. The molecule has 1 amide bonds. The van der Waals surface area contributed by atoms with E-state index in [0.717, 1.165) is 0 Å². The van der Waals surface area contributed by atoms with Gasteiger partial charge in [0.05, 0.1) is 0 Å². The number of carbonyl (C=O) groups is 1. The smallest absolute Gasteiger partial charge is 0.252 e. The summed E-state index contributed by atoms with van der Waals surface area (Å²) in [6.45, 7) is 0. The van der Waals surface area contributed by atoms with Crippen LogP contribution in [0.3, 0.4) is 0 Å². The lowest BCUT2D eigenvalue weighted by atomic mass is 10.2. The zero-order valence-corrected chi connectivity index (χ0v) is 11.7. The number of rotatable bonds is 3. The molecule has 1 N–H and O–H groups in total. The number of benzene rings is 1. The largest absolute Gasteiger partial charge is 0.746 e. The van der Waals surface area contributed by atoms with E-state index in [9.17, 15) is 17.8 Å². The van der Waals surface area contributed by atoms with Crippen molar-refractivity contribution in [3.8, 4) is 0 Å². The zero-order chi connectivity index (χ0) is 14.0. The van der Waals surface area contributed by atoms with E-state index in [1.165, 1.54) is 12.1 Å². The van der Waals surface area contributed by atoms with Gasteiger partial charge >= 0.3 is 0 Å². The van der Waals surface area contributed by atoms with Crippen molar-refractivity contribution in [2.24, 2.45) is 0 Å². The van der Waals surface area contributed by atoms with Gasteiger partial charge in [0, 0.05) is 5.56 Å². The number of halogens is 3. The summed E-state index contributed by atoms with van der Waals surface area (Å²) in [5.74, 6) is -0.827. The van der Waals surface area contributed by atoms with Gasteiger partial charge in [-0.3, -0.25) is 4.79 Å². The van der Waals surface area contributed by atoms with Crippen molar-refractivity contribution in [2.75, 3.05) is 0 Å². The predicted molar refractivity (Wildman–Crippen MR) is 67.7 cm³/mol. The molecule has 0 saturated heterocycles. The van der Waals surface area contributed by atoms with Crippen LogP contribution in [0.15, 0.2) is 30.3 Å². The average molecular weight is 332 g/mol. The highest BCUT2D eigenvalue weighted by atomic mass is 35.6. The van der Waals surface area contributed by atoms with Crippen LogP contribution in [0.2, 0.25) is 0 Å². The Bertz CT molecular complexity index is 526. The molecule has 1 aromatic rings. The molecule has 1 rings (SSSR count). The molecule has 1 atom stereocenters. The number of hydrogen-bond acceptors (Lipinski definition) is 4. The van der Waals surface area contributed by atoms with Gasteiger partial charge in [0.25, 0.3) is 5.91 Å². The summed E-state index contributed by atoms with van der Waals surface area (Å²) in [5, 5.41) is -0.286. The van der Waals surface area contributed by atoms with Crippen LogP contribution >= 0.6 is 34.8 Å². The van der Waals surface area contributed by atoms with Crippen molar-refractivity contribution in [1.29, 1.82) is 0 Å². The van der Waals surface area contributed by atoms with Crippen molar-refractivity contribution in [1.82, 2.24) is 5.32 Å². The third-order valence-electron chi connectivity index (χ3n) is 1.88. The van der Waals surface area contributed by atoms with Gasteiger partial charge in [0.2, 0.25) is 3.79 Å². The van der Waals surface area contributed by atoms with E-state index in [0.29, 0.717) is 0 Å². The molecule has 9 heteroatoms. The van der Waals surface area contributed by atoms with E-state index in [-0.39, 0.29) is 5.56 Å². The Morgan fingerprint density at radius 1 is 1.22 bits per heavy atom. The lowest BCUT2D eigenvalue weighted by Crippen LogP contribution is -2.49. The van der Waals surface area contributed by atoms with Gasteiger partial charge in [-0.05, 0) is 12.1 Å². The highest BCUT2D eigenvalue weighted by Crippen LogP contribution is 2.32. The fourth-order valence-electron chi connectivity index (χ4n) is 1.11. The molecule has 0 saturated carbocycles. The first-order chi connectivity index (χ1) is 8.12. The lowest BCUT2D eigenvalue weighted by Gasteiger charge is -2.27. The van der Waals surface area contributed by atoms with Crippen LogP contribution in [-0.2, 0) is 10.1 Å². The Hall–Kier alpha value is -0.530. The van der Waals surface area contributed by atoms with Crippen molar-refractivity contribution in [2.45, 2.75) is 9.17 Å². The first-order valence-electron chi connectivity index (χ1n) is 4.49. The van der Waals surface area contributed by atoms with Gasteiger partial charge < -0.3 is 9.87 Å². The molecule has 0 unspecified atom stereocenters. The van der Waals surface area contributed by atoms with Crippen molar-refractivity contribution in [3.05, 3.63) is 35.9 Å². The Morgan fingerprint density at radius 3 is 2.11 bits per heavy atom. The van der Waals surface area contributed by atoms with Gasteiger partial charge in [-0.15, -0.1) is 0 Å². The highest BCUT2D eigenvalue weighted by Gasteiger charge is 2.39. The van der Waals surface area contributed by atoms with Crippen LogP contribution in [0.1, 0.15) is 10.4 Å². The fourth-order valence-corrected chi connectivity index (χ4v) is 2.83. The Morgan fingerprint density at radius 2 is 1.72 bits per heavy atom. The van der Waals surface area contributed by atoms with Crippen LogP contribution in [0.5, 0.6) is 0 Å². The van der Waals surface area contributed by atoms with E-state index in [1.807, 2.05) is 5.32 Å². The highest BCUT2D eigenvalue weighted by molar-refractivity contribution is 7.86. The van der Waals surface area contributed by atoms with Crippen LogP contribution in [0.4, 0.5) is 0 Å². The fraction of sp³-hybridized carbons (Fsp3) is 0.222. The number of alkyl halides is 3. The van der Waals surface area contributed by atoms with E-state index in [4.69, 9.17) is 34.8 Å². The summed E-state index contributed by atoms with van der Waals surface area (Å²) in [6, 6.07) is 7.62. The Kier molecular flexibility index (Phi) is 4.85. The maximum absolute atomic E-state index is 11.7. The number of carbonyl (C=O) groups excluding carboxylic acids is 1. The summed E-state index contributed by atoms with van der Waals surface area (Å²) < 4.78 is 30.3. The quantitative estimate of drug-likeness (QED) is 0.674. The van der Waals surface area contributed by atoms with Crippen LogP contribution in [0, 0.1) is 0 Å². The van der Waals surface area contributed by atoms with Crippen LogP contribution < -0.4 is 5.32 Å². The minimum absolute atomic E-state index is 0.139. The van der Waals surface area contributed by atoms with Crippen LogP contribution in [0.25, 0.3) is 0 Å². The number of amides is 1. The normalized spacial score (nSPS) is 14.0. The minimum Gasteiger partial charge on any atom is -0.746 e. The molecule has 100 valence electrons. The molecule has 18 heavy (non-hydrogen) atoms. The van der Waals surface area contributed by atoms with Gasteiger partial charge in [0.15, 0.2) is 5.37 Å². The standard InChI is InChI=1S/C9H8Cl3NO4S/c10-9(11,12)8(18(15,16)17)13-7(14)6-4-2-1-3-5-6/h1-5,8H,(H,13,14)(H,15,16,17)/p-1/t8-/m0/s1. The summed E-state index contributed by atoms with van der Waals surface area (Å²) in [5.41, 5.74) is 0.139. The molecular formula is C9H7Cl3NO4S-. The predicted octanol–water partition coefficient (Wildman–Crippen LogP) is 1.66. The number of nitrogens with one attached hydrogen (secondary N) is 1. The summed E-state index contributed by atoms with van der Waals surface area (Å²) >= 11 is 16.1. The molecule has 0 aromatic heterocycles. The number of hydrogen-bond donors (Lipinski definition) is 1. The van der Waals surface area contributed by atoms with Crippen molar-refractivity contribution >= 4 is 50.8 Å². The summed E-state index contributed by atoms with van der Waals surface area (Å²) in [7, 11) is -5.00.